The first-order valence-electron chi connectivity index (χ1n) is 9.31. The third kappa shape index (κ3) is 3.98. The molecule has 0 atom stereocenters. The van der Waals surface area contributed by atoms with Crippen LogP contribution >= 0.6 is 0 Å². The molecule has 144 valence electrons. The van der Waals surface area contributed by atoms with Crippen LogP contribution in [0.5, 0.6) is 5.75 Å². The van der Waals surface area contributed by atoms with Crippen molar-refractivity contribution in [3.05, 3.63) is 60.4 Å². The topological polar surface area (TPSA) is 71.7 Å². The van der Waals surface area contributed by atoms with Gasteiger partial charge in [0, 0.05) is 31.9 Å². The quantitative estimate of drug-likeness (QED) is 0.680. The van der Waals surface area contributed by atoms with Gasteiger partial charge in [-0.15, -0.1) is 0 Å². The maximum Gasteiger partial charge on any atom is 0.261 e. The molecule has 7 nitrogen and oxygen atoms in total. The molecule has 1 amide bonds. The van der Waals surface area contributed by atoms with Crippen LogP contribution in [-0.2, 0) is 4.79 Å². The summed E-state index contributed by atoms with van der Waals surface area (Å²) < 4.78 is 11.0. The van der Waals surface area contributed by atoms with Crippen LogP contribution in [0.1, 0.15) is 5.82 Å². The van der Waals surface area contributed by atoms with Crippen LogP contribution in [0.3, 0.4) is 0 Å². The number of para-hydroxylation sites is 2. The lowest BCUT2D eigenvalue weighted by Crippen LogP contribution is -2.50. The second-order valence-corrected chi connectivity index (χ2v) is 6.63. The van der Waals surface area contributed by atoms with Gasteiger partial charge in [0.2, 0.25) is 0 Å². The maximum absolute atomic E-state index is 12.6. The van der Waals surface area contributed by atoms with Crippen LogP contribution in [0.4, 0.5) is 5.69 Å². The molecule has 1 aliphatic heterocycles. The first-order chi connectivity index (χ1) is 13.7. The van der Waals surface area contributed by atoms with Gasteiger partial charge < -0.3 is 19.1 Å². The molecule has 3 aromatic rings. The highest BCUT2D eigenvalue weighted by Gasteiger charge is 2.22. The number of aromatic nitrogens is 2. The van der Waals surface area contributed by atoms with Crippen LogP contribution in [0.2, 0.25) is 0 Å². The molecule has 7 heteroatoms. The van der Waals surface area contributed by atoms with Gasteiger partial charge in [0.05, 0.1) is 5.56 Å². The Kier molecular flexibility index (Phi) is 5.23. The van der Waals surface area contributed by atoms with Crippen LogP contribution in [0, 0.1) is 6.92 Å². The maximum atomic E-state index is 12.6. The standard InChI is InChI=1S/C21H22N4O3/c1-16-22-21(28-23-16)18-9-5-6-10-19(18)27-15-20(26)25-13-11-24(12-14-25)17-7-3-2-4-8-17/h2-10H,11-15H2,1H3. The van der Waals surface area contributed by atoms with Gasteiger partial charge in [-0.25, -0.2) is 0 Å². The minimum atomic E-state index is -0.0239. The summed E-state index contributed by atoms with van der Waals surface area (Å²) in [5, 5.41) is 3.81. The predicted octanol–water partition coefficient (Wildman–Crippen LogP) is 2.77. The number of ether oxygens (including phenoxy) is 1. The van der Waals surface area contributed by atoms with E-state index in [2.05, 4.69) is 27.2 Å². The molecule has 0 spiro atoms. The van der Waals surface area contributed by atoms with Crippen molar-refractivity contribution < 1.29 is 14.1 Å². The second kappa shape index (κ2) is 8.12. The highest BCUT2D eigenvalue weighted by molar-refractivity contribution is 5.78. The van der Waals surface area contributed by atoms with E-state index in [1.807, 2.05) is 41.3 Å². The highest BCUT2D eigenvalue weighted by atomic mass is 16.5. The lowest BCUT2D eigenvalue weighted by atomic mass is 10.2. The SMILES string of the molecule is Cc1noc(-c2ccccc2OCC(=O)N2CCN(c3ccccc3)CC2)n1. The smallest absolute Gasteiger partial charge is 0.261 e. The first-order valence-corrected chi connectivity index (χ1v) is 9.31. The molecular weight excluding hydrogens is 356 g/mol. The largest absolute Gasteiger partial charge is 0.483 e. The summed E-state index contributed by atoms with van der Waals surface area (Å²) in [6, 6.07) is 17.6. The number of rotatable bonds is 5. The van der Waals surface area contributed by atoms with Crippen molar-refractivity contribution in [1.82, 2.24) is 15.0 Å². The Labute approximate surface area is 163 Å². The number of carbonyl (C=O) groups excluding carboxylic acids is 1. The highest BCUT2D eigenvalue weighted by Crippen LogP contribution is 2.28. The number of aryl methyl sites for hydroxylation is 1. The minimum Gasteiger partial charge on any atom is -0.483 e. The Bertz CT molecular complexity index is 934. The Morgan fingerprint density at radius 3 is 2.46 bits per heavy atom. The summed E-state index contributed by atoms with van der Waals surface area (Å²) in [6.45, 7) is 4.73. The third-order valence-electron chi connectivity index (χ3n) is 4.75. The number of carbonyl (C=O) groups is 1. The molecule has 2 aromatic carbocycles. The summed E-state index contributed by atoms with van der Waals surface area (Å²) in [7, 11) is 0. The molecule has 1 fully saturated rings. The van der Waals surface area contributed by atoms with Crippen LogP contribution in [0.25, 0.3) is 11.5 Å². The van der Waals surface area contributed by atoms with Crippen molar-refractivity contribution in [3.8, 4) is 17.2 Å². The zero-order chi connectivity index (χ0) is 19.3. The second-order valence-electron chi connectivity index (χ2n) is 6.63. The van der Waals surface area contributed by atoms with Gasteiger partial charge in [-0.05, 0) is 31.2 Å². The molecule has 4 rings (SSSR count). The molecule has 0 unspecified atom stereocenters. The number of amides is 1. The molecule has 0 aliphatic carbocycles. The van der Waals surface area contributed by atoms with E-state index in [1.165, 1.54) is 5.69 Å². The summed E-state index contributed by atoms with van der Waals surface area (Å²) >= 11 is 0. The van der Waals surface area contributed by atoms with E-state index in [9.17, 15) is 4.79 Å². The Balaban J connectivity index is 1.35. The van der Waals surface area contributed by atoms with Gasteiger partial charge in [0.15, 0.2) is 12.4 Å². The number of nitrogens with zero attached hydrogens (tertiary/aromatic N) is 4. The zero-order valence-corrected chi connectivity index (χ0v) is 15.7. The van der Waals surface area contributed by atoms with E-state index in [4.69, 9.17) is 9.26 Å². The van der Waals surface area contributed by atoms with Gasteiger partial charge in [-0.3, -0.25) is 4.79 Å². The minimum absolute atomic E-state index is 0.0184. The average molecular weight is 378 g/mol. The van der Waals surface area contributed by atoms with Gasteiger partial charge >= 0.3 is 0 Å². The van der Waals surface area contributed by atoms with Crippen molar-refractivity contribution in [2.24, 2.45) is 0 Å². The van der Waals surface area contributed by atoms with Crippen molar-refractivity contribution >= 4 is 11.6 Å². The molecule has 0 bridgehead atoms. The third-order valence-corrected chi connectivity index (χ3v) is 4.75. The van der Waals surface area contributed by atoms with E-state index in [1.54, 1.807) is 13.0 Å². The van der Waals surface area contributed by atoms with Gasteiger partial charge in [0.1, 0.15) is 5.75 Å². The fourth-order valence-electron chi connectivity index (χ4n) is 3.26. The fourth-order valence-corrected chi connectivity index (χ4v) is 3.26. The monoisotopic (exact) mass is 378 g/mol. The van der Waals surface area contributed by atoms with Crippen molar-refractivity contribution in [1.29, 1.82) is 0 Å². The van der Waals surface area contributed by atoms with Gasteiger partial charge in [-0.2, -0.15) is 4.98 Å². The summed E-state index contributed by atoms with van der Waals surface area (Å²) in [6.07, 6.45) is 0. The molecule has 0 radical (unpaired) electrons. The lowest BCUT2D eigenvalue weighted by molar-refractivity contribution is -0.133. The van der Waals surface area contributed by atoms with Crippen LogP contribution in [0.15, 0.2) is 59.1 Å². The van der Waals surface area contributed by atoms with E-state index in [0.29, 0.717) is 36.1 Å². The normalized spacial score (nSPS) is 14.2. The van der Waals surface area contributed by atoms with Gasteiger partial charge in [0.25, 0.3) is 11.8 Å². The first kappa shape index (κ1) is 18.0. The van der Waals surface area contributed by atoms with Gasteiger partial charge in [-0.1, -0.05) is 35.5 Å². The molecule has 1 saturated heterocycles. The predicted molar refractivity (Wildman–Crippen MR) is 105 cm³/mol. The Hall–Kier alpha value is -3.35. The number of hydrogen-bond acceptors (Lipinski definition) is 6. The van der Waals surface area contributed by atoms with Crippen molar-refractivity contribution in [2.75, 3.05) is 37.7 Å². The molecule has 0 N–H and O–H groups in total. The Morgan fingerprint density at radius 2 is 1.75 bits per heavy atom. The number of benzene rings is 2. The molecular formula is C21H22N4O3. The average Bonchev–Trinajstić information content (AvgIpc) is 3.19. The van der Waals surface area contributed by atoms with Crippen LogP contribution < -0.4 is 9.64 Å². The van der Waals surface area contributed by atoms with Crippen LogP contribution in [-0.4, -0.2) is 53.7 Å². The van der Waals surface area contributed by atoms with E-state index >= 15 is 0 Å². The van der Waals surface area contributed by atoms with Crippen molar-refractivity contribution in [2.45, 2.75) is 6.92 Å². The summed E-state index contributed by atoms with van der Waals surface area (Å²) in [4.78, 5) is 21.0. The Morgan fingerprint density at radius 1 is 1.04 bits per heavy atom. The molecule has 2 heterocycles. The summed E-state index contributed by atoms with van der Waals surface area (Å²) in [5.41, 5.74) is 1.87. The number of hydrogen-bond donors (Lipinski definition) is 0. The molecule has 1 aromatic heterocycles. The summed E-state index contributed by atoms with van der Waals surface area (Å²) in [5.74, 6) is 1.47. The number of anilines is 1. The van der Waals surface area contributed by atoms with E-state index in [0.717, 1.165) is 13.1 Å². The van der Waals surface area contributed by atoms with Crippen molar-refractivity contribution in [3.63, 3.8) is 0 Å². The zero-order valence-electron chi connectivity index (χ0n) is 15.7. The molecule has 1 aliphatic rings. The molecule has 0 saturated carbocycles. The fraction of sp³-hybridized carbons (Fsp3) is 0.286. The number of piperazine rings is 1. The lowest BCUT2D eigenvalue weighted by Gasteiger charge is -2.36. The van der Waals surface area contributed by atoms with E-state index < -0.39 is 0 Å². The molecule has 28 heavy (non-hydrogen) atoms. The van der Waals surface area contributed by atoms with E-state index in [-0.39, 0.29) is 12.5 Å².